The third-order valence-corrected chi connectivity index (χ3v) is 6.88. The van der Waals surface area contributed by atoms with Gasteiger partial charge in [0, 0.05) is 25.7 Å². The summed E-state index contributed by atoms with van der Waals surface area (Å²) in [5.41, 5.74) is 2.99. The van der Waals surface area contributed by atoms with Gasteiger partial charge in [0.2, 0.25) is 15.9 Å². The zero-order chi connectivity index (χ0) is 21.0. The standard InChI is InChI=1S/C22H22N4O3S/c27-22(12-9-18-16-23-20-5-1-2-6-21(20)25-18)24-15-17-7-10-19(11-8-17)30(28,29)26-13-3-4-14-26/h1-2,5-12,16H,3-4,13-15H2,(H,24,27)/b12-9+. The van der Waals surface area contributed by atoms with E-state index in [9.17, 15) is 13.2 Å². The van der Waals surface area contributed by atoms with Gasteiger partial charge in [-0.05, 0) is 48.7 Å². The van der Waals surface area contributed by atoms with Gasteiger partial charge < -0.3 is 5.32 Å². The van der Waals surface area contributed by atoms with E-state index in [0.717, 1.165) is 29.4 Å². The van der Waals surface area contributed by atoms with Gasteiger partial charge in [0.1, 0.15) is 0 Å². The predicted octanol–water partition coefficient (Wildman–Crippen LogP) is 2.74. The smallest absolute Gasteiger partial charge is 0.244 e. The lowest BCUT2D eigenvalue weighted by atomic mass is 10.2. The molecule has 3 aromatic rings. The fraction of sp³-hybridized carbons (Fsp3) is 0.227. The maximum Gasteiger partial charge on any atom is 0.244 e. The van der Waals surface area contributed by atoms with E-state index in [4.69, 9.17) is 0 Å². The number of carbonyl (C=O) groups excluding carboxylic acids is 1. The highest BCUT2D eigenvalue weighted by molar-refractivity contribution is 7.89. The van der Waals surface area contributed by atoms with Crippen LogP contribution in [0.2, 0.25) is 0 Å². The molecule has 4 rings (SSSR count). The molecule has 2 heterocycles. The van der Waals surface area contributed by atoms with Crippen LogP contribution in [0.5, 0.6) is 0 Å². The van der Waals surface area contributed by atoms with Crippen LogP contribution in [-0.4, -0.2) is 41.7 Å². The summed E-state index contributed by atoms with van der Waals surface area (Å²) in [5.74, 6) is -0.265. The van der Waals surface area contributed by atoms with E-state index in [1.165, 1.54) is 10.4 Å². The van der Waals surface area contributed by atoms with Crippen LogP contribution in [-0.2, 0) is 21.4 Å². The lowest BCUT2D eigenvalue weighted by Gasteiger charge is -2.15. The summed E-state index contributed by atoms with van der Waals surface area (Å²) in [6, 6.07) is 14.2. The number of rotatable bonds is 6. The Labute approximate surface area is 175 Å². The van der Waals surface area contributed by atoms with Crippen molar-refractivity contribution in [1.29, 1.82) is 0 Å². The van der Waals surface area contributed by atoms with Crippen molar-refractivity contribution < 1.29 is 13.2 Å². The van der Waals surface area contributed by atoms with E-state index in [-0.39, 0.29) is 10.8 Å². The van der Waals surface area contributed by atoms with Crippen molar-refractivity contribution in [2.45, 2.75) is 24.3 Å². The number of benzene rings is 2. The van der Waals surface area contributed by atoms with E-state index < -0.39 is 10.0 Å². The second-order valence-electron chi connectivity index (χ2n) is 7.09. The van der Waals surface area contributed by atoms with Gasteiger partial charge in [0.05, 0.1) is 27.8 Å². The molecule has 0 saturated carbocycles. The Kier molecular flexibility index (Phi) is 5.87. The van der Waals surface area contributed by atoms with Crippen molar-refractivity contribution in [3.8, 4) is 0 Å². The number of carbonyl (C=O) groups is 1. The lowest BCUT2D eigenvalue weighted by molar-refractivity contribution is -0.116. The Morgan fingerprint density at radius 3 is 2.47 bits per heavy atom. The molecule has 0 radical (unpaired) electrons. The number of amides is 1. The largest absolute Gasteiger partial charge is 0.348 e. The van der Waals surface area contributed by atoms with E-state index in [2.05, 4.69) is 15.3 Å². The summed E-state index contributed by atoms with van der Waals surface area (Å²) in [5, 5.41) is 2.79. The van der Waals surface area contributed by atoms with Crippen LogP contribution in [0.1, 0.15) is 24.1 Å². The third kappa shape index (κ3) is 4.55. The molecule has 1 fully saturated rings. The topological polar surface area (TPSA) is 92.3 Å². The average Bonchev–Trinajstić information content (AvgIpc) is 3.32. The van der Waals surface area contributed by atoms with Crippen LogP contribution in [0.25, 0.3) is 17.1 Å². The minimum absolute atomic E-state index is 0.265. The Morgan fingerprint density at radius 2 is 1.73 bits per heavy atom. The number of aromatic nitrogens is 2. The van der Waals surface area contributed by atoms with Crippen LogP contribution in [0, 0.1) is 0 Å². The molecule has 2 aromatic carbocycles. The van der Waals surface area contributed by atoms with Crippen LogP contribution >= 0.6 is 0 Å². The Hall–Kier alpha value is -3.10. The van der Waals surface area contributed by atoms with Crippen molar-refractivity contribution >= 4 is 33.0 Å². The zero-order valence-electron chi connectivity index (χ0n) is 16.4. The van der Waals surface area contributed by atoms with Gasteiger partial charge in [0.25, 0.3) is 0 Å². The van der Waals surface area contributed by atoms with Crippen molar-refractivity contribution in [1.82, 2.24) is 19.6 Å². The lowest BCUT2D eigenvalue weighted by Crippen LogP contribution is -2.27. The molecule has 1 aliphatic heterocycles. The molecule has 30 heavy (non-hydrogen) atoms. The number of hydrogen-bond donors (Lipinski definition) is 1. The van der Waals surface area contributed by atoms with Crippen LogP contribution < -0.4 is 5.32 Å². The van der Waals surface area contributed by atoms with Crippen molar-refractivity contribution in [2.24, 2.45) is 0 Å². The number of nitrogens with zero attached hydrogens (tertiary/aromatic N) is 3. The normalized spacial score (nSPS) is 15.1. The molecule has 0 atom stereocenters. The molecule has 154 valence electrons. The number of fused-ring (bicyclic) bond motifs is 1. The van der Waals surface area contributed by atoms with Crippen LogP contribution in [0.15, 0.2) is 65.7 Å². The zero-order valence-corrected chi connectivity index (χ0v) is 17.2. The first kappa shape index (κ1) is 20.2. The minimum Gasteiger partial charge on any atom is -0.348 e. The molecule has 0 aliphatic carbocycles. The molecule has 7 nitrogen and oxygen atoms in total. The van der Waals surface area contributed by atoms with Gasteiger partial charge in [-0.3, -0.25) is 9.78 Å². The summed E-state index contributed by atoms with van der Waals surface area (Å²) in [6.45, 7) is 1.46. The number of nitrogens with one attached hydrogen (secondary N) is 1. The molecule has 0 spiro atoms. The quantitative estimate of drug-likeness (QED) is 0.617. The fourth-order valence-corrected chi connectivity index (χ4v) is 4.83. The first-order valence-corrected chi connectivity index (χ1v) is 11.2. The van der Waals surface area contributed by atoms with Gasteiger partial charge in [0.15, 0.2) is 0 Å². The molecule has 1 saturated heterocycles. The molecule has 1 aromatic heterocycles. The molecule has 0 bridgehead atoms. The average molecular weight is 423 g/mol. The number of hydrogen-bond acceptors (Lipinski definition) is 5. The summed E-state index contributed by atoms with van der Waals surface area (Å²) in [7, 11) is -3.42. The van der Waals surface area contributed by atoms with E-state index in [1.54, 1.807) is 36.5 Å². The summed E-state index contributed by atoms with van der Waals surface area (Å²) < 4.78 is 26.6. The maximum absolute atomic E-state index is 12.5. The van der Waals surface area contributed by atoms with Crippen LogP contribution in [0.3, 0.4) is 0 Å². The van der Waals surface area contributed by atoms with Gasteiger partial charge in [-0.25, -0.2) is 13.4 Å². The second-order valence-corrected chi connectivity index (χ2v) is 9.03. The summed E-state index contributed by atoms with van der Waals surface area (Å²) in [6.07, 6.45) is 6.44. The summed E-state index contributed by atoms with van der Waals surface area (Å²) in [4.78, 5) is 21.1. The second kappa shape index (κ2) is 8.73. The minimum atomic E-state index is -3.42. The predicted molar refractivity (Wildman–Crippen MR) is 115 cm³/mol. The van der Waals surface area contributed by atoms with Gasteiger partial charge >= 0.3 is 0 Å². The van der Waals surface area contributed by atoms with Crippen molar-refractivity contribution in [2.75, 3.05) is 13.1 Å². The number of para-hydroxylation sites is 2. The highest BCUT2D eigenvalue weighted by Gasteiger charge is 2.26. The highest BCUT2D eigenvalue weighted by atomic mass is 32.2. The third-order valence-electron chi connectivity index (χ3n) is 4.97. The first-order chi connectivity index (χ1) is 14.5. The van der Waals surface area contributed by atoms with Crippen LogP contribution in [0.4, 0.5) is 0 Å². The monoisotopic (exact) mass is 422 g/mol. The maximum atomic E-state index is 12.5. The van der Waals surface area contributed by atoms with E-state index >= 15 is 0 Å². The summed E-state index contributed by atoms with van der Waals surface area (Å²) >= 11 is 0. The van der Waals surface area contributed by atoms with E-state index in [0.29, 0.717) is 25.3 Å². The molecule has 1 amide bonds. The van der Waals surface area contributed by atoms with Gasteiger partial charge in [-0.2, -0.15) is 4.31 Å². The molecular weight excluding hydrogens is 400 g/mol. The Balaban J connectivity index is 1.34. The van der Waals surface area contributed by atoms with E-state index in [1.807, 2.05) is 24.3 Å². The molecule has 8 heteroatoms. The molecular formula is C22H22N4O3S. The van der Waals surface area contributed by atoms with Gasteiger partial charge in [-0.1, -0.05) is 24.3 Å². The van der Waals surface area contributed by atoms with Gasteiger partial charge in [-0.15, -0.1) is 0 Å². The number of sulfonamides is 1. The first-order valence-electron chi connectivity index (χ1n) is 9.79. The Morgan fingerprint density at radius 1 is 1.03 bits per heavy atom. The SMILES string of the molecule is O=C(/C=C/c1cnc2ccccc2n1)NCc1ccc(S(=O)(=O)N2CCCC2)cc1. The molecule has 0 unspecified atom stereocenters. The van der Waals surface area contributed by atoms with Crippen molar-refractivity contribution in [3.05, 3.63) is 72.1 Å². The fourth-order valence-electron chi connectivity index (χ4n) is 3.32. The van der Waals surface area contributed by atoms with Crippen molar-refractivity contribution in [3.63, 3.8) is 0 Å². The molecule has 1 aliphatic rings. The molecule has 1 N–H and O–H groups in total. The highest BCUT2D eigenvalue weighted by Crippen LogP contribution is 2.21. The Bertz CT molecular complexity index is 1180.